The Kier molecular flexibility index (Phi) is 6.61. The van der Waals surface area contributed by atoms with Crippen molar-refractivity contribution in [3.05, 3.63) is 47.2 Å². The molecule has 11 heteroatoms. The maximum Gasteiger partial charge on any atom is 0.255 e. The summed E-state index contributed by atoms with van der Waals surface area (Å²) in [6, 6.07) is 6.36. The summed E-state index contributed by atoms with van der Waals surface area (Å²) < 4.78 is 51.4. The van der Waals surface area contributed by atoms with Gasteiger partial charge in [0.25, 0.3) is 5.91 Å². The molecule has 3 heterocycles. The summed E-state index contributed by atoms with van der Waals surface area (Å²) in [6.45, 7) is 6.33. The van der Waals surface area contributed by atoms with Gasteiger partial charge < -0.3 is 9.80 Å². The predicted octanol–water partition coefficient (Wildman–Crippen LogP) is 1.99. The molecule has 0 saturated carbocycles. The lowest BCUT2D eigenvalue weighted by Crippen LogP contribution is -2.49. The molecule has 2 saturated heterocycles. The number of nitrogens with zero attached hydrogens (tertiary/aromatic N) is 4. The quantitative estimate of drug-likeness (QED) is 0.624. The third-order valence-electron chi connectivity index (χ3n) is 6.29. The topological polar surface area (TPSA) is 108 Å². The molecule has 9 nitrogen and oxygen atoms in total. The minimum Gasteiger partial charge on any atom is -0.353 e. The standard InChI is InChI=1S/C23H30N4O5S2/c1-17-14-18(2)22(24-16-17)25-9-11-26(12-10-25)23(28)20-7-6-19(15-21(20)33(3,29)30)27-8-4-5-13-34(27,31)32/h6-7,14-16H,4-5,8-13H2,1-3H3. The average molecular weight is 507 g/mol. The van der Waals surface area contributed by atoms with Crippen LogP contribution in [-0.4, -0.2) is 77.4 Å². The number of hydrogen-bond donors (Lipinski definition) is 0. The number of benzene rings is 1. The van der Waals surface area contributed by atoms with Crippen LogP contribution in [0.1, 0.15) is 34.3 Å². The second-order valence-corrected chi connectivity index (χ2v) is 13.0. The number of aryl methyl sites for hydroxylation is 2. The van der Waals surface area contributed by atoms with Crippen LogP contribution in [0.5, 0.6) is 0 Å². The average Bonchev–Trinajstić information content (AvgIpc) is 2.78. The van der Waals surface area contributed by atoms with Gasteiger partial charge in [0.05, 0.1) is 21.9 Å². The first-order chi connectivity index (χ1) is 16.0. The Morgan fingerprint density at radius 1 is 1.00 bits per heavy atom. The Morgan fingerprint density at radius 3 is 2.32 bits per heavy atom. The highest BCUT2D eigenvalue weighted by atomic mass is 32.2. The van der Waals surface area contributed by atoms with Crippen LogP contribution >= 0.6 is 0 Å². The highest BCUT2D eigenvalue weighted by Crippen LogP contribution is 2.29. The van der Waals surface area contributed by atoms with E-state index >= 15 is 0 Å². The summed E-state index contributed by atoms with van der Waals surface area (Å²) >= 11 is 0. The van der Waals surface area contributed by atoms with Crippen molar-refractivity contribution in [3.8, 4) is 0 Å². The number of rotatable bonds is 4. The van der Waals surface area contributed by atoms with Crippen LogP contribution in [0.15, 0.2) is 35.4 Å². The van der Waals surface area contributed by atoms with E-state index in [1.165, 1.54) is 22.5 Å². The van der Waals surface area contributed by atoms with Gasteiger partial charge in [-0.3, -0.25) is 9.10 Å². The van der Waals surface area contributed by atoms with Crippen molar-refractivity contribution < 1.29 is 21.6 Å². The lowest BCUT2D eigenvalue weighted by molar-refractivity contribution is 0.0742. The van der Waals surface area contributed by atoms with Gasteiger partial charge in [-0.05, 0) is 56.0 Å². The molecule has 0 N–H and O–H groups in total. The fraction of sp³-hybridized carbons (Fsp3) is 0.478. The van der Waals surface area contributed by atoms with Crippen LogP contribution < -0.4 is 9.21 Å². The molecule has 2 aliphatic rings. The monoisotopic (exact) mass is 506 g/mol. The van der Waals surface area contributed by atoms with Crippen molar-refractivity contribution in [2.45, 2.75) is 31.6 Å². The summed E-state index contributed by atoms with van der Waals surface area (Å²) in [7, 11) is -7.27. The number of hydrogen-bond acceptors (Lipinski definition) is 7. The molecule has 184 valence electrons. The van der Waals surface area contributed by atoms with E-state index in [0.29, 0.717) is 45.6 Å². The number of pyridine rings is 1. The Labute approximate surface area is 201 Å². The zero-order valence-electron chi connectivity index (χ0n) is 19.7. The summed E-state index contributed by atoms with van der Waals surface area (Å²) in [6.07, 6.45) is 4.14. The molecule has 0 atom stereocenters. The fourth-order valence-electron chi connectivity index (χ4n) is 4.56. The van der Waals surface area contributed by atoms with Crippen molar-refractivity contribution in [1.82, 2.24) is 9.88 Å². The number of sulfonamides is 1. The molecule has 2 aromatic rings. The number of aromatic nitrogens is 1. The summed E-state index contributed by atoms with van der Waals surface area (Å²) in [5.74, 6) is 0.546. The Balaban J connectivity index is 1.57. The smallest absolute Gasteiger partial charge is 0.255 e. The molecular formula is C23H30N4O5S2. The summed E-state index contributed by atoms with van der Waals surface area (Å²) in [5.41, 5.74) is 2.51. The SMILES string of the molecule is Cc1cnc(N2CCN(C(=O)c3ccc(N4CCCCS4(=O)=O)cc3S(C)(=O)=O)CC2)c(C)c1. The number of anilines is 2. The minimum atomic E-state index is -3.77. The highest BCUT2D eigenvalue weighted by molar-refractivity contribution is 7.92. The van der Waals surface area contributed by atoms with E-state index in [2.05, 4.69) is 16.0 Å². The number of amides is 1. The van der Waals surface area contributed by atoms with Gasteiger partial charge in [-0.2, -0.15) is 0 Å². The number of carbonyl (C=O) groups is 1. The molecule has 2 aliphatic heterocycles. The lowest BCUT2D eigenvalue weighted by Gasteiger charge is -2.36. The maximum absolute atomic E-state index is 13.3. The normalized spacial score (nSPS) is 18.7. The molecule has 0 bridgehead atoms. The van der Waals surface area contributed by atoms with E-state index in [0.717, 1.165) is 23.2 Å². The fourth-order valence-corrected chi connectivity index (χ4v) is 7.08. The highest BCUT2D eigenvalue weighted by Gasteiger charge is 2.31. The van der Waals surface area contributed by atoms with Crippen LogP contribution in [0.2, 0.25) is 0 Å². The first-order valence-electron chi connectivity index (χ1n) is 11.3. The number of piperazine rings is 1. The van der Waals surface area contributed by atoms with Gasteiger partial charge in [0, 0.05) is 45.2 Å². The van der Waals surface area contributed by atoms with Crippen LogP contribution in [0, 0.1) is 13.8 Å². The molecular weight excluding hydrogens is 476 g/mol. The van der Waals surface area contributed by atoms with E-state index in [4.69, 9.17) is 0 Å². The molecule has 1 aromatic carbocycles. The van der Waals surface area contributed by atoms with Gasteiger partial charge in [0.1, 0.15) is 5.82 Å². The van der Waals surface area contributed by atoms with Crippen molar-refractivity contribution >= 4 is 37.3 Å². The van der Waals surface area contributed by atoms with Gasteiger partial charge >= 0.3 is 0 Å². The first kappa shape index (κ1) is 24.5. The van der Waals surface area contributed by atoms with Crippen molar-refractivity contribution in [2.24, 2.45) is 0 Å². The van der Waals surface area contributed by atoms with Gasteiger partial charge in [-0.1, -0.05) is 6.07 Å². The van der Waals surface area contributed by atoms with Crippen molar-refractivity contribution in [3.63, 3.8) is 0 Å². The number of sulfone groups is 1. The van der Waals surface area contributed by atoms with Crippen molar-refractivity contribution in [2.75, 3.05) is 53.9 Å². The van der Waals surface area contributed by atoms with Crippen LogP contribution in [0.3, 0.4) is 0 Å². The molecule has 0 spiro atoms. The molecule has 1 aromatic heterocycles. The lowest BCUT2D eigenvalue weighted by atomic mass is 10.1. The molecule has 0 radical (unpaired) electrons. The van der Waals surface area contributed by atoms with E-state index in [1.54, 1.807) is 4.90 Å². The molecule has 34 heavy (non-hydrogen) atoms. The van der Waals surface area contributed by atoms with Gasteiger partial charge in [0.2, 0.25) is 10.0 Å². The largest absolute Gasteiger partial charge is 0.353 e. The predicted molar refractivity (Wildman–Crippen MR) is 132 cm³/mol. The van der Waals surface area contributed by atoms with E-state index in [9.17, 15) is 21.6 Å². The zero-order chi connectivity index (χ0) is 24.7. The maximum atomic E-state index is 13.3. The molecule has 0 aliphatic carbocycles. The van der Waals surface area contributed by atoms with Crippen molar-refractivity contribution in [1.29, 1.82) is 0 Å². The minimum absolute atomic E-state index is 0.0292. The first-order valence-corrected chi connectivity index (χ1v) is 14.8. The van der Waals surface area contributed by atoms with Crippen LogP contribution in [0.25, 0.3) is 0 Å². The van der Waals surface area contributed by atoms with E-state index < -0.39 is 19.9 Å². The molecule has 0 unspecified atom stereocenters. The van der Waals surface area contributed by atoms with Gasteiger partial charge in [0.15, 0.2) is 9.84 Å². The third-order valence-corrected chi connectivity index (χ3v) is 9.29. The third kappa shape index (κ3) is 4.90. The van der Waals surface area contributed by atoms with Crippen LogP contribution in [-0.2, 0) is 19.9 Å². The Bertz CT molecular complexity index is 1320. The van der Waals surface area contributed by atoms with E-state index in [-0.39, 0.29) is 27.8 Å². The molecule has 2 fully saturated rings. The Morgan fingerprint density at radius 2 is 1.71 bits per heavy atom. The second-order valence-electron chi connectivity index (χ2n) is 8.98. The molecule has 4 rings (SSSR count). The number of carbonyl (C=O) groups excluding carboxylic acids is 1. The van der Waals surface area contributed by atoms with Gasteiger partial charge in [-0.25, -0.2) is 21.8 Å². The second kappa shape index (κ2) is 9.18. The summed E-state index contributed by atoms with van der Waals surface area (Å²) in [5, 5.41) is 0. The van der Waals surface area contributed by atoms with Crippen LogP contribution in [0.4, 0.5) is 11.5 Å². The summed E-state index contributed by atoms with van der Waals surface area (Å²) in [4.78, 5) is 21.5. The zero-order valence-corrected chi connectivity index (χ0v) is 21.3. The van der Waals surface area contributed by atoms with Gasteiger partial charge in [-0.15, -0.1) is 0 Å². The molecule has 1 amide bonds. The Hall–Kier alpha value is -2.66. The van der Waals surface area contributed by atoms with E-state index in [1.807, 2.05) is 20.0 Å².